The van der Waals surface area contributed by atoms with Gasteiger partial charge in [-0.3, -0.25) is 0 Å². The van der Waals surface area contributed by atoms with Crippen molar-refractivity contribution in [3.8, 4) is 0 Å². The quantitative estimate of drug-likeness (QED) is 0.551. The van der Waals surface area contributed by atoms with Crippen molar-refractivity contribution in [2.24, 2.45) is 40.9 Å². The lowest BCUT2D eigenvalue weighted by atomic mass is 9.51. The van der Waals surface area contributed by atoms with Crippen LogP contribution >= 0.6 is 0 Å². The maximum absolute atomic E-state index is 10.1. The van der Waals surface area contributed by atoms with Gasteiger partial charge in [0.25, 0.3) is 0 Å². The van der Waals surface area contributed by atoms with Gasteiger partial charge in [-0.2, -0.15) is 0 Å². The molecule has 8 atom stereocenters. The lowest BCUT2D eigenvalue weighted by Gasteiger charge is -2.54. The van der Waals surface area contributed by atoms with Crippen molar-refractivity contribution in [1.82, 2.24) is 0 Å². The molecule has 0 bridgehead atoms. The zero-order valence-electron chi connectivity index (χ0n) is 17.6. The molecule has 0 aromatic carbocycles. The summed E-state index contributed by atoms with van der Waals surface area (Å²) in [5.74, 6) is 5.48. The highest BCUT2D eigenvalue weighted by atomic mass is 16.3. The smallest absolute Gasteiger partial charge is 0.0577 e. The molecule has 1 N–H and O–H groups in total. The maximum Gasteiger partial charge on any atom is 0.0577 e. The lowest BCUT2D eigenvalue weighted by Crippen LogP contribution is -2.47. The molecule has 3 saturated carbocycles. The number of aliphatic hydroxyl groups excluding tert-OH is 1. The first-order chi connectivity index (χ1) is 13.1. The molecular formula is C26H40O. The van der Waals surface area contributed by atoms with E-state index in [1.54, 1.807) is 11.1 Å². The summed E-state index contributed by atoms with van der Waals surface area (Å²) in [5, 5.41) is 10.1. The Bertz CT molecular complexity index is 630. The van der Waals surface area contributed by atoms with Crippen molar-refractivity contribution in [2.75, 3.05) is 0 Å². The predicted octanol–water partition coefficient (Wildman–Crippen LogP) is 6.67. The molecule has 0 radical (unpaired) electrons. The summed E-state index contributed by atoms with van der Waals surface area (Å²) in [6.45, 7) is 5.26. The Morgan fingerprint density at radius 3 is 2.81 bits per heavy atom. The highest BCUT2D eigenvalue weighted by molar-refractivity contribution is 5.20. The summed E-state index contributed by atoms with van der Waals surface area (Å²) in [6.07, 6.45) is 21.1. The summed E-state index contributed by atoms with van der Waals surface area (Å²) in [5.41, 5.74) is 4.00. The van der Waals surface area contributed by atoms with Crippen LogP contribution in [0.2, 0.25) is 0 Å². The molecule has 0 aliphatic heterocycles. The van der Waals surface area contributed by atoms with Gasteiger partial charge in [0.15, 0.2) is 0 Å². The van der Waals surface area contributed by atoms with Crippen LogP contribution in [0.4, 0.5) is 0 Å². The van der Waals surface area contributed by atoms with Crippen molar-refractivity contribution in [2.45, 2.75) is 97.0 Å². The van der Waals surface area contributed by atoms with Gasteiger partial charge in [-0.25, -0.2) is 0 Å². The van der Waals surface area contributed by atoms with Crippen LogP contribution in [0.25, 0.3) is 0 Å². The van der Waals surface area contributed by atoms with E-state index < -0.39 is 0 Å². The average Bonchev–Trinajstić information content (AvgIpc) is 3.28. The minimum atomic E-state index is -0.0560. The van der Waals surface area contributed by atoms with Gasteiger partial charge < -0.3 is 5.11 Å². The fourth-order valence-corrected chi connectivity index (χ4v) is 8.70. The molecule has 0 amide bonds. The Morgan fingerprint density at radius 2 is 2.00 bits per heavy atom. The predicted molar refractivity (Wildman–Crippen MR) is 112 cm³/mol. The molecule has 5 rings (SSSR count). The van der Waals surface area contributed by atoms with E-state index >= 15 is 0 Å². The first kappa shape index (κ1) is 18.5. The third-order valence-corrected chi connectivity index (χ3v) is 9.90. The van der Waals surface area contributed by atoms with Crippen molar-refractivity contribution >= 4 is 0 Å². The highest BCUT2D eigenvalue weighted by Crippen LogP contribution is 2.64. The highest BCUT2D eigenvalue weighted by Gasteiger charge is 2.56. The molecule has 0 aromatic rings. The minimum Gasteiger partial charge on any atom is -0.393 e. The zero-order valence-corrected chi connectivity index (χ0v) is 17.6. The van der Waals surface area contributed by atoms with Gasteiger partial charge in [-0.05, 0) is 118 Å². The van der Waals surface area contributed by atoms with Crippen LogP contribution in [0.5, 0.6) is 0 Å². The normalized spacial score (nSPS) is 47.5. The molecule has 0 aromatic heterocycles. The number of hydrogen-bond acceptors (Lipinski definition) is 1. The molecular weight excluding hydrogens is 328 g/mol. The monoisotopic (exact) mass is 368 g/mol. The van der Waals surface area contributed by atoms with Crippen molar-refractivity contribution < 1.29 is 5.11 Å². The molecule has 3 fully saturated rings. The Kier molecular flexibility index (Phi) is 4.82. The molecule has 5 aliphatic carbocycles. The topological polar surface area (TPSA) is 20.2 Å². The van der Waals surface area contributed by atoms with Gasteiger partial charge in [0.2, 0.25) is 0 Å². The Balaban J connectivity index is 1.33. The first-order valence-corrected chi connectivity index (χ1v) is 12.1. The Morgan fingerprint density at radius 1 is 1.11 bits per heavy atom. The van der Waals surface area contributed by atoms with Crippen LogP contribution in [0.3, 0.4) is 0 Å². The summed E-state index contributed by atoms with van der Waals surface area (Å²) in [7, 11) is 0. The van der Waals surface area contributed by atoms with Crippen LogP contribution in [0.15, 0.2) is 23.3 Å². The molecule has 0 heterocycles. The molecule has 150 valence electrons. The summed E-state index contributed by atoms with van der Waals surface area (Å²) < 4.78 is 0. The van der Waals surface area contributed by atoms with Gasteiger partial charge in [-0.1, -0.05) is 37.1 Å². The molecule has 0 spiro atoms. The molecule has 5 aliphatic rings. The standard InChI is InChI=1S/C26H40O/c1-17(15-18-5-3-4-6-18)24-11-12-25-23-9-7-19-16-20(27)8-10-21(19)22(23)13-14-26(24,25)2/h5,7,17,20-25,27H,3-4,6,8-16H2,1-2H3/t17-,20+,21+,22-,23-,24-,25+,26-/m1/s1. The van der Waals surface area contributed by atoms with E-state index in [2.05, 4.69) is 26.0 Å². The average molecular weight is 369 g/mol. The second-order valence-corrected chi connectivity index (χ2v) is 11.2. The van der Waals surface area contributed by atoms with Gasteiger partial charge >= 0.3 is 0 Å². The van der Waals surface area contributed by atoms with E-state index in [9.17, 15) is 5.11 Å². The van der Waals surface area contributed by atoms with Gasteiger partial charge in [0.05, 0.1) is 6.10 Å². The number of allylic oxidation sites excluding steroid dienone is 3. The van der Waals surface area contributed by atoms with Gasteiger partial charge in [-0.15, -0.1) is 0 Å². The lowest BCUT2D eigenvalue weighted by molar-refractivity contribution is -0.0284. The van der Waals surface area contributed by atoms with Crippen LogP contribution in [-0.2, 0) is 0 Å². The largest absolute Gasteiger partial charge is 0.393 e. The molecule has 27 heavy (non-hydrogen) atoms. The van der Waals surface area contributed by atoms with Crippen LogP contribution in [0.1, 0.15) is 90.9 Å². The summed E-state index contributed by atoms with van der Waals surface area (Å²) in [4.78, 5) is 0. The maximum atomic E-state index is 10.1. The van der Waals surface area contributed by atoms with E-state index in [-0.39, 0.29) is 6.10 Å². The molecule has 0 saturated heterocycles. The van der Waals surface area contributed by atoms with E-state index in [4.69, 9.17) is 0 Å². The molecule has 1 heteroatoms. The fraction of sp³-hybridized carbons (Fsp3) is 0.846. The number of hydrogen-bond donors (Lipinski definition) is 1. The second-order valence-electron chi connectivity index (χ2n) is 11.2. The van der Waals surface area contributed by atoms with E-state index in [0.717, 1.165) is 48.3 Å². The summed E-state index contributed by atoms with van der Waals surface area (Å²) >= 11 is 0. The van der Waals surface area contributed by atoms with Crippen molar-refractivity contribution in [3.05, 3.63) is 23.3 Å². The van der Waals surface area contributed by atoms with Crippen LogP contribution in [-0.4, -0.2) is 11.2 Å². The van der Waals surface area contributed by atoms with Crippen LogP contribution < -0.4 is 0 Å². The van der Waals surface area contributed by atoms with Crippen molar-refractivity contribution in [1.29, 1.82) is 0 Å². The number of fused-ring (bicyclic) bond motifs is 5. The third kappa shape index (κ3) is 3.07. The minimum absolute atomic E-state index is 0.0560. The molecule has 0 unspecified atom stereocenters. The Hall–Kier alpha value is -0.560. The van der Waals surface area contributed by atoms with Gasteiger partial charge in [0, 0.05) is 0 Å². The fourth-order valence-electron chi connectivity index (χ4n) is 8.70. The van der Waals surface area contributed by atoms with E-state index in [0.29, 0.717) is 5.41 Å². The van der Waals surface area contributed by atoms with E-state index in [1.165, 1.54) is 64.2 Å². The molecule has 1 nitrogen and oxygen atoms in total. The third-order valence-electron chi connectivity index (χ3n) is 9.90. The number of rotatable bonds is 3. The zero-order chi connectivity index (χ0) is 18.6. The first-order valence-electron chi connectivity index (χ1n) is 12.1. The number of aliphatic hydroxyl groups is 1. The second kappa shape index (κ2) is 7.05. The van der Waals surface area contributed by atoms with Gasteiger partial charge in [0.1, 0.15) is 0 Å². The van der Waals surface area contributed by atoms with E-state index in [1.807, 2.05) is 0 Å². The van der Waals surface area contributed by atoms with Crippen LogP contribution in [0, 0.1) is 40.9 Å². The SMILES string of the molecule is C[C@H](CC1=CCCC1)[C@H]1CC[C@H]2[C@@H]3CC=C4C[C@@H](O)CC[C@@H]4[C@H]3CC[C@]12C. The Labute approximate surface area is 166 Å². The van der Waals surface area contributed by atoms with Crippen molar-refractivity contribution in [3.63, 3.8) is 0 Å². The summed E-state index contributed by atoms with van der Waals surface area (Å²) in [6, 6.07) is 0.